The number of nitrogens with one attached hydrogen (secondary N) is 1. The van der Waals surface area contributed by atoms with Crippen molar-refractivity contribution < 1.29 is 0 Å². The summed E-state index contributed by atoms with van der Waals surface area (Å²) in [6.07, 6.45) is 8.49. The van der Waals surface area contributed by atoms with Crippen molar-refractivity contribution >= 4 is 0 Å². The highest BCUT2D eigenvalue weighted by Crippen LogP contribution is 2.30. The van der Waals surface area contributed by atoms with Crippen molar-refractivity contribution in [2.45, 2.75) is 63.6 Å². The first-order chi connectivity index (χ1) is 9.28. The standard InChI is InChI=1S/C16H31N3/c1-13-6-7-15(17-2)16(11-13)19-10-9-18-8-4-3-5-14(18)12-19/h13-17H,3-12H2,1-2H3. The number of fused-ring (bicyclic) bond motifs is 1. The van der Waals surface area contributed by atoms with Crippen molar-refractivity contribution in [2.24, 2.45) is 5.92 Å². The summed E-state index contributed by atoms with van der Waals surface area (Å²) in [6, 6.07) is 2.38. The van der Waals surface area contributed by atoms with Gasteiger partial charge in [-0.2, -0.15) is 0 Å². The van der Waals surface area contributed by atoms with E-state index in [9.17, 15) is 0 Å². The average molecular weight is 265 g/mol. The molecule has 0 bridgehead atoms. The van der Waals surface area contributed by atoms with E-state index >= 15 is 0 Å². The fourth-order valence-electron chi connectivity index (χ4n) is 4.57. The summed E-state index contributed by atoms with van der Waals surface area (Å²) >= 11 is 0. The molecule has 3 heteroatoms. The molecule has 1 saturated carbocycles. The fourth-order valence-corrected chi connectivity index (χ4v) is 4.57. The normalized spacial score (nSPS) is 42.0. The molecular formula is C16H31N3. The Morgan fingerprint density at radius 1 is 0.947 bits per heavy atom. The summed E-state index contributed by atoms with van der Waals surface area (Å²) in [5.74, 6) is 0.916. The zero-order chi connectivity index (χ0) is 13.2. The molecule has 0 spiro atoms. The zero-order valence-corrected chi connectivity index (χ0v) is 12.8. The van der Waals surface area contributed by atoms with E-state index in [1.807, 2.05) is 0 Å². The topological polar surface area (TPSA) is 18.5 Å². The van der Waals surface area contributed by atoms with Gasteiger partial charge in [-0.15, -0.1) is 0 Å². The lowest BCUT2D eigenvalue weighted by Crippen LogP contribution is -2.61. The summed E-state index contributed by atoms with van der Waals surface area (Å²) in [6.45, 7) is 7.73. The molecule has 4 unspecified atom stereocenters. The number of likely N-dealkylation sites (N-methyl/N-ethyl adjacent to an activating group) is 1. The predicted molar refractivity (Wildman–Crippen MR) is 80.4 cm³/mol. The minimum absolute atomic E-state index is 0.728. The van der Waals surface area contributed by atoms with Crippen LogP contribution in [0.2, 0.25) is 0 Å². The highest BCUT2D eigenvalue weighted by molar-refractivity contribution is 4.94. The fraction of sp³-hybridized carbons (Fsp3) is 1.00. The van der Waals surface area contributed by atoms with Gasteiger partial charge in [-0.25, -0.2) is 0 Å². The zero-order valence-electron chi connectivity index (χ0n) is 12.8. The van der Waals surface area contributed by atoms with Crippen molar-refractivity contribution in [3.05, 3.63) is 0 Å². The van der Waals surface area contributed by atoms with Crippen LogP contribution in [0, 0.1) is 5.92 Å². The van der Waals surface area contributed by atoms with Crippen molar-refractivity contribution in [2.75, 3.05) is 33.2 Å². The molecule has 0 aromatic rings. The number of rotatable bonds is 2. The van der Waals surface area contributed by atoms with E-state index in [4.69, 9.17) is 0 Å². The van der Waals surface area contributed by atoms with E-state index in [1.54, 1.807) is 0 Å². The van der Waals surface area contributed by atoms with Gasteiger partial charge < -0.3 is 5.32 Å². The molecule has 2 aliphatic heterocycles. The third-order valence-electron chi connectivity index (χ3n) is 5.79. The second-order valence-electron chi connectivity index (χ2n) is 7.06. The molecule has 110 valence electrons. The Labute approximate surface area is 118 Å². The van der Waals surface area contributed by atoms with Gasteiger partial charge in [0.1, 0.15) is 0 Å². The van der Waals surface area contributed by atoms with Gasteiger partial charge in [0.25, 0.3) is 0 Å². The Morgan fingerprint density at radius 3 is 2.63 bits per heavy atom. The highest BCUT2D eigenvalue weighted by atomic mass is 15.3. The lowest BCUT2D eigenvalue weighted by molar-refractivity contribution is 0.00377. The maximum atomic E-state index is 3.59. The smallest absolute Gasteiger partial charge is 0.0252 e. The molecule has 0 amide bonds. The highest BCUT2D eigenvalue weighted by Gasteiger charge is 2.37. The Balaban J connectivity index is 1.64. The van der Waals surface area contributed by atoms with Crippen molar-refractivity contribution in [1.29, 1.82) is 0 Å². The molecule has 1 aliphatic carbocycles. The summed E-state index contributed by atoms with van der Waals surface area (Å²) in [5.41, 5.74) is 0. The van der Waals surface area contributed by atoms with Crippen LogP contribution < -0.4 is 5.32 Å². The van der Waals surface area contributed by atoms with Gasteiger partial charge in [0.05, 0.1) is 0 Å². The van der Waals surface area contributed by atoms with Crippen LogP contribution in [0.4, 0.5) is 0 Å². The van der Waals surface area contributed by atoms with Gasteiger partial charge in [-0.1, -0.05) is 13.3 Å². The number of piperazine rings is 1. The minimum Gasteiger partial charge on any atom is -0.315 e. The van der Waals surface area contributed by atoms with Gasteiger partial charge in [0, 0.05) is 37.8 Å². The van der Waals surface area contributed by atoms with Gasteiger partial charge in [-0.3, -0.25) is 9.80 Å². The molecule has 19 heavy (non-hydrogen) atoms. The van der Waals surface area contributed by atoms with Crippen LogP contribution in [0.15, 0.2) is 0 Å². The average Bonchev–Trinajstić information content (AvgIpc) is 2.46. The molecule has 3 rings (SSSR count). The van der Waals surface area contributed by atoms with Crippen molar-refractivity contribution in [1.82, 2.24) is 15.1 Å². The summed E-state index contributed by atoms with van der Waals surface area (Å²) in [5, 5.41) is 3.59. The molecule has 0 radical (unpaired) electrons. The first-order valence-corrected chi connectivity index (χ1v) is 8.43. The van der Waals surface area contributed by atoms with Crippen LogP contribution in [0.25, 0.3) is 0 Å². The molecule has 3 nitrogen and oxygen atoms in total. The molecule has 0 aromatic carbocycles. The summed E-state index contributed by atoms with van der Waals surface area (Å²) < 4.78 is 0. The lowest BCUT2D eigenvalue weighted by Gasteiger charge is -2.50. The summed E-state index contributed by atoms with van der Waals surface area (Å²) in [7, 11) is 2.16. The first kappa shape index (κ1) is 13.8. The quantitative estimate of drug-likeness (QED) is 0.823. The number of hydrogen-bond acceptors (Lipinski definition) is 3. The Kier molecular flexibility index (Phi) is 4.45. The third-order valence-corrected chi connectivity index (χ3v) is 5.79. The second-order valence-corrected chi connectivity index (χ2v) is 7.06. The molecule has 2 saturated heterocycles. The van der Waals surface area contributed by atoms with Crippen LogP contribution >= 0.6 is 0 Å². The largest absolute Gasteiger partial charge is 0.315 e. The van der Waals surface area contributed by atoms with Crippen LogP contribution in [0.5, 0.6) is 0 Å². The molecule has 1 N–H and O–H groups in total. The van der Waals surface area contributed by atoms with Gasteiger partial charge in [0.2, 0.25) is 0 Å². The summed E-state index contributed by atoms with van der Waals surface area (Å²) in [4.78, 5) is 5.57. The molecular weight excluding hydrogens is 234 g/mol. The first-order valence-electron chi connectivity index (χ1n) is 8.43. The van der Waals surface area contributed by atoms with E-state index in [0.29, 0.717) is 0 Å². The molecule has 3 fully saturated rings. The Hall–Kier alpha value is -0.120. The molecule has 2 heterocycles. The maximum absolute atomic E-state index is 3.59. The van der Waals surface area contributed by atoms with Crippen LogP contribution in [0.3, 0.4) is 0 Å². The van der Waals surface area contributed by atoms with Crippen LogP contribution in [0.1, 0.15) is 45.4 Å². The van der Waals surface area contributed by atoms with Crippen LogP contribution in [-0.4, -0.2) is 61.2 Å². The van der Waals surface area contributed by atoms with Crippen molar-refractivity contribution in [3.63, 3.8) is 0 Å². The molecule has 0 aromatic heterocycles. The minimum atomic E-state index is 0.728. The van der Waals surface area contributed by atoms with Crippen LogP contribution in [-0.2, 0) is 0 Å². The van der Waals surface area contributed by atoms with Gasteiger partial charge >= 0.3 is 0 Å². The van der Waals surface area contributed by atoms with E-state index in [1.165, 1.54) is 64.7 Å². The lowest BCUT2D eigenvalue weighted by atomic mass is 9.82. The number of hydrogen-bond donors (Lipinski definition) is 1. The van der Waals surface area contributed by atoms with Gasteiger partial charge in [-0.05, 0) is 51.6 Å². The van der Waals surface area contributed by atoms with Crippen molar-refractivity contribution in [3.8, 4) is 0 Å². The van der Waals surface area contributed by atoms with E-state index in [0.717, 1.165) is 24.0 Å². The third kappa shape index (κ3) is 2.98. The Morgan fingerprint density at radius 2 is 1.79 bits per heavy atom. The number of nitrogens with zero attached hydrogens (tertiary/aromatic N) is 2. The van der Waals surface area contributed by atoms with Gasteiger partial charge in [0.15, 0.2) is 0 Å². The van der Waals surface area contributed by atoms with E-state index in [2.05, 4.69) is 29.1 Å². The number of piperidine rings is 1. The van der Waals surface area contributed by atoms with E-state index in [-0.39, 0.29) is 0 Å². The van der Waals surface area contributed by atoms with E-state index < -0.39 is 0 Å². The predicted octanol–water partition coefficient (Wildman–Crippen LogP) is 1.93. The second kappa shape index (κ2) is 6.11. The molecule has 3 aliphatic rings. The maximum Gasteiger partial charge on any atom is 0.0252 e. The Bertz CT molecular complexity index is 294. The SMILES string of the molecule is CNC1CCC(C)CC1N1CCN2CCCCC2C1. The monoisotopic (exact) mass is 265 g/mol. The molecule has 4 atom stereocenters.